The number of carbonyl (C=O) groups is 1. The third-order valence-electron chi connectivity index (χ3n) is 4.31. The normalized spacial score (nSPS) is 15.4. The minimum Gasteiger partial charge on any atom is -0.336 e. The summed E-state index contributed by atoms with van der Waals surface area (Å²) in [5.74, 6) is -1.11. The van der Waals surface area contributed by atoms with Gasteiger partial charge in [0.25, 0.3) is 5.91 Å². The van der Waals surface area contributed by atoms with Gasteiger partial charge in [-0.25, -0.2) is 12.8 Å². The summed E-state index contributed by atoms with van der Waals surface area (Å²) < 4.78 is 41.4. The van der Waals surface area contributed by atoms with Crippen LogP contribution in [0.2, 0.25) is 0 Å². The molecule has 1 fully saturated rings. The number of sulfonamides is 1. The summed E-state index contributed by atoms with van der Waals surface area (Å²) in [7, 11) is -3.84. The molecule has 27 heavy (non-hydrogen) atoms. The number of nitriles is 1. The molecule has 2 aromatic carbocycles. The molecule has 1 amide bonds. The monoisotopic (exact) mass is 451 g/mol. The van der Waals surface area contributed by atoms with Crippen molar-refractivity contribution in [3.8, 4) is 6.07 Å². The molecule has 3 rings (SSSR count). The Kier molecular flexibility index (Phi) is 5.60. The number of amides is 1. The van der Waals surface area contributed by atoms with Crippen molar-refractivity contribution >= 4 is 31.9 Å². The van der Waals surface area contributed by atoms with E-state index in [-0.39, 0.29) is 42.2 Å². The molecule has 0 N–H and O–H groups in total. The highest BCUT2D eigenvalue weighted by atomic mass is 79.9. The van der Waals surface area contributed by atoms with Gasteiger partial charge in [-0.1, -0.05) is 28.1 Å². The second-order valence-electron chi connectivity index (χ2n) is 5.93. The predicted octanol–water partition coefficient (Wildman–Crippen LogP) is 2.61. The summed E-state index contributed by atoms with van der Waals surface area (Å²) in [5.41, 5.74) is 0.0164. The van der Waals surface area contributed by atoms with E-state index >= 15 is 0 Å². The van der Waals surface area contributed by atoms with E-state index in [9.17, 15) is 17.6 Å². The van der Waals surface area contributed by atoms with Crippen LogP contribution in [0.15, 0.2) is 51.8 Å². The summed E-state index contributed by atoms with van der Waals surface area (Å²) >= 11 is 3.21. The Morgan fingerprint density at radius 2 is 1.78 bits per heavy atom. The SMILES string of the molecule is N#Cc1ccccc1S(=O)(=O)N1CCN(C(=O)c2cc(Br)ccc2F)CC1. The van der Waals surface area contributed by atoms with Crippen LogP contribution in [0.4, 0.5) is 4.39 Å². The number of hydrogen-bond donors (Lipinski definition) is 0. The standard InChI is InChI=1S/C18H15BrFN3O3S/c19-14-5-6-16(20)15(11-14)18(24)22-7-9-23(10-8-22)27(25,26)17-4-2-1-3-13(17)12-21/h1-6,11H,7-10H2. The Morgan fingerprint density at radius 1 is 1.11 bits per heavy atom. The summed E-state index contributed by atoms with van der Waals surface area (Å²) in [6.45, 7) is 0.421. The predicted molar refractivity (Wildman–Crippen MR) is 99.9 cm³/mol. The molecule has 0 spiro atoms. The molecule has 1 saturated heterocycles. The molecule has 0 radical (unpaired) electrons. The lowest BCUT2D eigenvalue weighted by atomic mass is 10.1. The van der Waals surface area contributed by atoms with E-state index in [1.807, 2.05) is 6.07 Å². The molecular formula is C18H15BrFN3O3S. The number of piperazine rings is 1. The average molecular weight is 452 g/mol. The van der Waals surface area contributed by atoms with Crippen LogP contribution in [-0.2, 0) is 10.0 Å². The molecule has 6 nitrogen and oxygen atoms in total. The van der Waals surface area contributed by atoms with Crippen molar-refractivity contribution in [1.82, 2.24) is 9.21 Å². The fourth-order valence-corrected chi connectivity index (χ4v) is 4.81. The second-order valence-corrected chi connectivity index (χ2v) is 8.75. The van der Waals surface area contributed by atoms with Crippen LogP contribution in [-0.4, -0.2) is 49.7 Å². The molecule has 0 bridgehead atoms. The number of benzene rings is 2. The van der Waals surface area contributed by atoms with E-state index in [0.717, 1.165) is 0 Å². The van der Waals surface area contributed by atoms with E-state index in [2.05, 4.69) is 15.9 Å². The number of carbonyl (C=O) groups excluding carboxylic acids is 1. The van der Waals surface area contributed by atoms with Gasteiger partial charge in [0, 0.05) is 30.7 Å². The van der Waals surface area contributed by atoms with Gasteiger partial charge in [-0.15, -0.1) is 0 Å². The summed E-state index contributed by atoms with van der Waals surface area (Å²) in [6.07, 6.45) is 0. The van der Waals surface area contributed by atoms with Gasteiger partial charge >= 0.3 is 0 Å². The van der Waals surface area contributed by atoms with Crippen molar-refractivity contribution in [2.45, 2.75) is 4.90 Å². The lowest BCUT2D eigenvalue weighted by Crippen LogP contribution is -2.50. The van der Waals surface area contributed by atoms with E-state index in [0.29, 0.717) is 4.47 Å². The van der Waals surface area contributed by atoms with Gasteiger partial charge in [-0.2, -0.15) is 9.57 Å². The number of nitrogens with zero attached hydrogens (tertiary/aromatic N) is 3. The minimum absolute atomic E-state index is 0.0506. The van der Waals surface area contributed by atoms with E-state index in [4.69, 9.17) is 5.26 Å². The summed E-state index contributed by atoms with van der Waals surface area (Å²) in [6, 6.07) is 12.0. The maximum atomic E-state index is 13.9. The molecule has 9 heteroatoms. The third-order valence-corrected chi connectivity index (χ3v) is 6.76. The van der Waals surface area contributed by atoms with Crippen LogP contribution in [0.3, 0.4) is 0 Å². The molecule has 0 saturated carbocycles. The number of hydrogen-bond acceptors (Lipinski definition) is 4. The fraction of sp³-hybridized carbons (Fsp3) is 0.222. The third kappa shape index (κ3) is 3.88. The first-order chi connectivity index (χ1) is 12.8. The van der Waals surface area contributed by atoms with E-state index in [1.54, 1.807) is 12.1 Å². The molecule has 1 aliphatic heterocycles. The first kappa shape index (κ1) is 19.5. The van der Waals surface area contributed by atoms with Crippen LogP contribution in [0.25, 0.3) is 0 Å². The first-order valence-corrected chi connectivity index (χ1v) is 10.3. The maximum Gasteiger partial charge on any atom is 0.256 e. The lowest BCUT2D eigenvalue weighted by Gasteiger charge is -2.34. The van der Waals surface area contributed by atoms with Crippen molar-refractivity contribution in [1.29, 1.82) is 5.26 Å². The molecule has 1 heterocycles. The van der Waals surface area contributed by atoms with Crippen molar-refractivity contribution in [3.05, 3.63) is 63.9 Å². The van der Waals surface area contributed by atoms with Crippen LogP contribution in [0.1, 0.15) is 15.9 Å². The number of halogens is 2. The van der Waals surface area contributed by atoms with Crippen molar-refractivity contribution < 1.29 is 17.6 Å². The van der Waals surface area contributed by atoms with Crippen LogP contribution in [0.5, 0.6) is 0 Å². The average Bonchev–Trinajstić information content (AvgIpc) is 2.69. The zero-order valence-corrected chi connectivity index (χ0v) is 16.5. The molecule has 140 valence electrons. The number of rotatable bonds is 3. The Hall–Kier alpha value is -2.28. The molecule has 2 aromatic rings. The van der Waals surface area contributed by atoms with Gasteiger partial charge in [0.1, 0.15) is 11.9 Å². The Labute approximate surface area is 165 Å². The maximum absolute atomic E-state index is 13.9. The highest BCUT2D eigenvalue weighted by Crippen LogP contribution is 2.22. The smallest absolute Gasteiger partial charge is 0.256 e. The van der Waals surface area contributed by atoms with E-state index in [1.165, 1.54) is 39.5 Å². The molecule has 0 aromatic heterocycles. The highest BCUT2D eigenvalue weighted by molar-refractivity contribution is 9.10. The van der Waals surface area contributed by atoms with Crippen LogP contribution in [0, 0.1) is 17.1 Å². The van der Waals surface area contributed by atoms with Crippen molar-refractivity contribution in [3.63, 3.8) is 0 Å². The van der Waals surface area contributed by atoms with Gasteiger partial charge in [-0.05, 0) is 30.3 Å². The van der Waals surface area contributed by atoms with Gasteiger partial charge in [0.15, 0.2) is 0 Å². The lowest BCUT2D eigenvalue weighted by molar-refractivity contribution is 0.0693. The quantitative estimate of drug-likeness (QED) is 0.717. The molecule has 1 aliphatic rings. The fourth-order valence-electron chi connectivity index (χ4n) is 2.89. The topological polar surface area (TPSA) is 81.5 Å². The van der Waals surface area contributed by atoms with Gasteiger partial charge in [0.05, 0.1) is 16.0 Å². The molecule has 0 unspecified atom stereocenters. The highest BCUT2D eigenvalue weighted by Gasteiger charge is 2.32. The van der Waals surface area contributed by atoms with E-state index < -0.39 is 21.7 Å². The van der Waals surface area contributed by atoms with Crippen LogP contribution >= 0.6 is 15.9 Å². The first-order valence-electron chi connectivity index (χ1n) is 8.08. The second kappa shape index (κ2) is 7.76. The Bertz CT molecular complexity index is 1030. The van der Waals surface area contributed by atoms with Gasteiger partial charge in [-0.3, -0.25) is 4.79 Å². The zero-order valence-electron chi connectivity index (χ0n) is 14.1. The van der Waals surface area contributed by atoms with Gasteiger partial charge < -0.3 is 4.90 Å². The van der Waals surface area contributed by atoms with Crippen LogP contribution < -0.4 is 0 Å². The Morgan fingerprint density at radius 3 is 2.44 bits per heavy atom. The Balaban J connectivity index is 1.76. The van der Waals surface area contributed by atoms with Gasteiger partial charge in [0.2, 0.25) is 10.0 Å². The summed E-state index contributed by atoms with van der Waals surface area (Å²) in [5, 5.41) is 9.14. The van der Waals surface area contributed by atoms with Crippen molar-refractivity contribution in [2.24, 2.45) is 0 Å². The molecule has 0 atom stereocenters. The minimum atomic E-state index is -3.84. The largest absolute Gasteiger partial charge is 0.336 e. The molecule has 0 aliphatic carbocycles. The van der Waals surface area contributed by atoms with Crippen molar-refractivity contribution in [2.75, 3.05) is 26.2 Å². The summed E-state index contributed by atoms with van der Waals surface area (Å²) in [4.78, 5) is 13.9. The zero-order chi connectivity index (χ0) is 19.6. The molecular weight excluding hydrogens is 437 g/mol.